The third-order valence-corrected chi connectivity index (χ3v) is 12.0. The zero-order chi connectivity index (χ0) is 39.9. The molecule has 0 unspecified atom stereocenters. The average molecular weight is 955 g/mol. The molecular formula is C54H41N5Pt. The number of aromatic nitrogens is 5. The summed E-state index contributed by atoms with van der Waals surface area (Å²) in [5, 5.41) is 4.58. The van der Waals surface area contributed by atoms with E-state index in [0.717, 1.165) is 83.3 Å². The molecule has 292 valence electrons. The zero-order valence-electron chi connectivity index (χ0n) is 34.1. The third kappa shape index (κ3) is 5.94. The van der Waals surface area contributed by atoms with Crippen LogP contribution in [0.25, 0.3) is 99.8 Å². The monoisotopic (exact) mass is 954 g/mol. The van der Waals surface area contributed by atoms with E-state index in [2.05, 4.69) is 189 Å². The van der Waals surface area contributed by atoms with Crippen molar-refractivity contribution in [1.29, 1.82) is 0 Å². The summed E-state index contributed by atoms with van der Waals surface area (Å²) in [4.78, 5) is 15.7. The molecule has 4 aromatic heterocycles. The van der Waals surface area contributed by atoms with E-state index in [9.17, 15) is 0 Å². The van der Waals surface area contributed by atoms with Gasteiger partial charge in [0.05, 0.1) is 11.0 Å². The number of benzene rings is 7. The second kappa shape index (κ2) is 14.6. The van der Waals surface area contributed by atoms with Crippen LogP contribution in [0.4, 0.5) is 0 Å². The predicted molar refractivity (Wildman–Crippen MR) is 245 cm³/mol. The van der Waals surface area contributed by atoms with E-state index in [0.29, 0.717) is 5.92 Å². The zero-order valence-corrected chi connectivity index (χ0v) is 36.3. The third-order valence-electron chi connectivity index (χ3n) is 12.0. The fourth-order valence-electron chi connectivity index (χ4n) is 9.36. The smallest absolute Gasteiger partial charge is 0.656 e. The van der Waals surface area contributed by atoms with Crippen molar-refractivity contribution in [3.63, 3.8) is 0 Å². The summed E-state index contributed by atoms with van der Waals surface area (Å²) in [5.41, 5.74) is 17.6. The van der Waals surface area contributed by atoms with Gasteiger partial charge in [-0.1, -0.05) is 127 Å². The Kier molecular flexibility index (Phi) is 9.19. The van der Waals surface area contributed by atoms with Gasteiger partial charge in [0, 0.05) is 23.0 Å². The van der Waals surface area contributed by atoms with E-state index < -0.39 is 0 Å². The summed E-state index contributed by atoms with van der Waals surface area (Å²) < 4.78 is 4.57. The standard InChI is InChI=1S/C54H41N5.Pt/c1-32(2)36-25-26-55-50(31-36)59-47-24-22-38(51-34(4)27-33(3)28-35(51)5)29-45(47)42-23-21-37(30-49(42)59)40-16-12-20-48-53(40)57-54(58(48)39-13-7-6-8-14-39)44-18-11-17-43-41-15-9-10-19-46(41)56-52(43)44;/h6-29,31-32H,1-5H3;/q-2;+2. The molecule has 0 aliphatic heterocycles. The first-order valence-electron chi connectivity index (χ1n) is 20.4. The van der Waals surface area contributed by atoms with Crippen molar-refractivity contribution in [2.24, 2.45) is 0 Å². The van der Waals surface area contributed by atoms with Crippen molar-refractivity contribution in [2.75, 3.05) is 0 Å². The summed E-state index contributed by atoms with van der Waals surface area (Å²) in [6.45, 7) is 11.1. The molecule has 0 aliphatic rings. The Labute approximate surface area is 363 Å². The van der Waals surface area contributed by atoms with Crippen molar-refractivity contribution in [3.8, 4) is 45.1 Å². The molecule has 0 saturated heterocycles. The number of para-hydroxylation sites is 4. The number of imidazole rings is 1. The molecule has 0 bridgehead atoms. The maximum Gasteiger partial charge on any atom is 2.00 e. The first kappa shape index (κ1) is 37.7. The number of hydrogen-bond donors (Lipinski definition) is 0. The van der Waals surface area contributed by atoms with Crippen LogP contribution < -0.4 is 4.98 Å². The van der Waals surface area contributed by atoms with Crippen molar-refractivity contribution in [3.05, 3.63) is 180 Å². The first-order chi connectivity index (χ1) is 28.8. The van der Waals surface area contributed by atoms with Gasteiger partial charge in [-0.15, -0.1) is 34.8 Å². The summed E-state index contributed by atoms with van der Waals surface area (Å²) in [5.74, 6) is 2.10. The largest absolute Gasteiger partial charge is 2.00 e. The SMILES string of the molecule is Cc1cc(C)c(-c2ccc3c(c2)c2ccc(-c4cccc5c4nc(-c4cccc6c4[n-]c4ccccc46)n5-c4ccccc4)[c-]c2n3-c2cc(C(C)C)ccn2)c(C)c1.[Pt+2]. The molecule has 0 atom stereocenters. The molecule has 60 heavy (non-hydrogen) atoms. The van der Waals surface area contributed by atoms with E-state index in [1.807, 2.05) is 12.3 Å². The minimum absolute atomic E-state index is 0. The van der Waals surface area contributed by atoms with Crippen LogP contribution in [0.1, 0.15) is 42.0 Å². The van der Waals surface area contributed by atoms with Crippen LogP contribution in [0, 0.1) is 26.8 Å². The van der Waals surface area contributed by atoms with Gasteiger partial charge in [0.1, 0.15) is 11.6 Å². The first-order valence-corrected chi connectivity index (χ1v) is 20.4. The number of hydrogen-bond acceptors (Lipinski definition) is 2. The molecule has 11 rings (SSSR count). The number of fused-ring (bicyclic) bond motifs is 7. The second-order valence-corrected chi connectivity index (χ2v) is 16.2. The van der Waals surface area contributed by atoms with Crippen molar-refractivity contribution in [2.45, 2.75) is 40.5 Å². The van der Waals surface area contributed by atoms with Crippen LogP contribution in [-0.2, 0) is 21.1 Å². The van der Waals surface area contributed by atoms with Gasteiger partial charge in [-0.05, 0) is 113 Å². The van der Waals surface area contributed by atoms with Crippen LogP contribution in [0.2, 0.25) is 0 Å². The van der Waals surface area contributed by atoms with Crippen molar-refractivity contribution < 1.29 is 21.1 Å². The van der Waals surface area contributed by atoms with Crippen LogP contribution >= 0.6 is 0 Å². The molecule has 0 aliphatic carbocycles. The fraction of sp³-hybridized carbons (Fsp3) is 0.111. The van der Waals surface area contributed by atoms with Gasteiger partial charge >= 0.3 is 21.1 Å². The minimum Gasteiger partial charge on any atom is -0.656 e. The summed E-state index contributed by atoms with van der Waals surface area (Å²) >= 11 is 0. The number of rotatable bonds is 6. The number of pyridine rings is 1. The van der Waals surface area contributed by atoms with Crippen LogP contribution in [-0.4, -0.2) is 19.1 Å². The molecule has 0 saturated carbocycles. The fourth-order valence-corrected chi connectivity index (χ4v) is 9.36. The Hall–Kier alpha value is -6.55. The van der Waals surface area contributed by atoms with Gasteiger partial charge in [0.25, 0.3) is 0 Å². The Bertz CT molecular complexity index is 3430. The molecule has 5 nitrogen and oxygen atoms in total. The summed E-state index contributed by atoms with van der Waals surface area (Å²) in [7, 11) is 0. The maximum atomic E-state index is 5.54. The normalized spacial score (nSPS) is 11.8. The van der Waals surface area contributed by atoms with Gasteiger partial charge in [-0.2, -0.15) is 0 Å². The van der Waals surface area contributed by atoms with Crippen LogP contribution in [0.5, 0.6) is 0 Å². The van der Waals surface area contributed by atoms with Gasteiger partial charge in [0.2, 0.25) is 0 Å². The molecule has 0 fully saturated rings. The molecule has 0 radical (unpaired) electrons. The van der Waals surface area contributed by atoms with Gasteiger partial charge < -0.3 is 9.55 Å². The Morgan fingerprint density at radius 1 is 0.617 bits per heavy atom. The van der Waals surface area contributed by atoms with E-state index in [-0.39, 0.29) is 21.1 Å². The second-order valence-electron chi connectivity index (χ2n) is 16.2. The molecule has 0 spiro atoms. The van der Waals surface area contributed by atoms with Gasteiger partial charge in [-0.3, -0.25) is 4.57 Å². The quantitative estimate of drug-likeness (QED) is 0.156. The van der Waals surface area contributed by atoms with Crippen LogP contribution in [0.3, 0.4) is 0 Å². The Morgan fingerprint density at radius 3 is 2.18 bits per heavy atom. The molecule has 7 aromatic carbocycles. The minimum atomic E-state index is 0. The average Bonchev–Trinajstić information content (AvgIpc) is 3.93. The van der Waals surface area contributed by atoms with Crippen molar-refractivity contribution >= 4 is 54.6 Å². The molecule has 4 heterocycles. The Morgan fingerprint density at radius 2 is 1.37 bits per heavy atom. The van der Waals surface area contributed by atoms with Crippen LogP contribution in [0.15, 0.2) is 152 Å². The molecule has 6 heteroatoms. The molecule has 0 amide bonds. The number of nitrogens with zero attached hydrogens (tertiary/aromatic N) is 5. The number of aryl methyl sites for hydroxylation is 3. The summed E-state index contributed by atoms with van der Waals surface area (Å²) in [6, 6.07) is 56.0. The van der Waals surface area contributed by atoms with E-state index in [1.54, 1.807) is 0 Å². The van der Waals surface area contributed by atoms with Crippen molar-refractivity contribution in [1.82, 2.24) is 24.1 Å². The topological polar surface area (TPSA) is 49.7 Å². The van der Waals surface area contributed by atoms with Gasteiger partial charge in [0.15, 0.2) is 0 Å². The van der Waals surface area contributed by atoms with E-state index in [1.165, 1.54) is 38.8 Å². The molecule has 0 N–H and O–H groups in total. The van der Waals surface area contributed by atoms with Gasteiger partial charge in [-0.25, -0.2) is 9.97 Å². The van der Waals surface area contributed by atoms with E-state index >= 15 is 0 Å². The molecular weight excluding hydrogens is 914 g/mol. The van der Waals surface area contributed by atoms with E-state index in [4.69, 9.17) is 15.0 Å². The maximum absolute atomic E-state index is 5.54. The predicted octanol–water partition coefficient (Wildman–Crippen LogP) is 13.6. The summed E-state index contributed by atoms with van der Waals surface area (Å²) in [6.07, 6.45) is 1.93. The molecule has 11 aromatic rings. The Balaban J connectivity index is 0.00000433.